The van der Waals surface area contributed by atoms with Crippen molar-refractivity contribution in [1.82, 2.24) is 15.5 Å². The molecule has 9 heteroatoms. The molecule has 1 rings (SSSR count). The monoisotopic (exact) mass is 388 g/mol. The maximum atomic E-state index is 12.1. The Morgan fingerprint density at radius 2 is 1.78 bits per heavy atom. The van der Waals surface area contributed by atoms with Crippen LogP contribution in [0.1, 0.15) is 24.5 Å². The minimum absolute atomic E-state index is 0.0655. The maximum absolute atomic E-state index is 12.1. The summed E-state index contributed by atoms with van der Waals surface area (Å²) in [6, 6.07) is 7.00. The Labute approximate surface area is 157 Å². The van der Waals surface area contributed by atoms with E-state index in [9.17, 15) is 18.0 Å². The highest BCUT2D eigenvalue weighted by Crippen LogP contribution is 2.16. The first-order chi connectivity index (χ1) is 12.7. The third kappa shape index (κ3) is 10.4. The van der Waals surface area contributed by atoms with Crippen molar-refractivity contribution in [3.05, 3.63) is 35.4 Å². The van der Waals surface area contributed by atoms with Gasteiger partial charge in [-0.3, -0.25) is 4.79 Å². The number of rotatable bonds is 9. The Kier molecular flexibility index (Phi) is 9.63. The van der Waals surface area contributed by atoms with Gasteiger partial charge in [-0.05, 0) is 17.5 Å². The van der Waals surface area contributed by atoms with E-state index in [1.54, 1.807) is 38.4 Å². The summed E-state index contributed by atoms with van der Waals surface area (Å²) >= 11 is 0. The number of benzene rings is 1. The second-order valence-electron chi connectivity index (χ2n) is 6.16. The van der Waals surface area contributed by atoms with Gasteiger partial charge in [0.15, 0.2) is 5.96 Å². The minimum Gasteiger partial charge on any atom is -0.367 e. The first kappa shape index (κ1) is 22.8. The minimum atomic E-state index is -4.32. The molecule has 0 spiro atoms. The van der Waals surface area contributed by atoms with Gasteiger partial charge < -0.3 is 20.3 Å². The molecule has 2 N–H and O–H groups in total. The molecule has 0 bridgehead atoms. The Bertz CT molecular complexity index is 602. The summed E-state index contributed by atoms with van der Waals surface area (Å²) in [7, 11) is 3.36. The number of amides is 1. The molecule has 0 aliphatic heterocycles. The van der Waals surface area contributed by atoms with E-state index in [-0.39, 0.29) is 19.1 Å². The van der Waals surface area contributed by atoms with Gasteiger partial charge in [0.2, 0.25) is 5.91 Å². The molecular weight excluding hydrogens is 361 g/mol. The first-order valence-corrected chi connectivity index (χ1v) is 8.66. The van der Waals surface area contributed by atoms with Gasteiger partial charge in [0.25, 0.3) is 0 Å². The van der Waals surface area contributed by atoms with E-state index in [1.807, 2.05) is 6.92 Å². The standard InChI is InChI=1S/C18H27F3N4O2/c1-4-9-22-17(24-11-16(26)25(2)3)23-10-14-5-7-15(8-6-14)12-27-13-18(19,20)21/h5-8H,4,9-13H2,1-3H3,(H2,22,23,24). The fraction of sp³-hybridized carbons (Fsp3) is 0.556. The second-order valence-corrected chi connectivity index (χ2v) is 6.16. The quantitative estimate of drug-likeness (QED) is 0.503. The highest BCUT2D eigenvalue weighted by Gasteiger charge is 2.27. The van der Waals surface area contributed by atoms with E-state index in [1.165, 1.54) is 4.90 Å². The van der Waals surface area contributed by atoms with Crippen LogP contribution in [-0.4, -0.2) is 56.7 Å². The second kappa shape index (κ2) is 11.4. The van der Waals surface area contributed by atoms with Gasteiger partial charge >= 0.3 is 6.18 Å². The molecule has 1 aromatic carbocycles. The Balaban J connectivity index is 2.57. The van der Waals surface area contributed by atoms with Crippen molar-refractivity contribution in [3.63, 3.8) is 0 Å². The van der Waals surface area contributed by atoms with Crippen LogP contribution < -0.4 is 10.6 Å². The van der Waals surface area contributed by atoms with E-state index >= 15 is 0 Å². The fourth-order valence-corrected chi connectivity index (χ4v) is 1.93. The summed E-state index contributed by atoms with van der Waals surface area (Å²) in [5.41, 5.74) is 1.55. The van der Waals surface area contributed by atoms with E-state index < -0.39 is 12.8 Å². The number of nitrogens with one attached hydrogen (secondary N) is 2. The number of aliphatic imine (C=N–C) groups is 1. The first-order valence-electron chi connectivity index (χ1n) is 8.66. The summed E-state index contributed by atoms with van der Waals surface area (Å²) in [4.78, 5) is 17.6. The van der Waals surface area contributed by atoms with Crippen molar-refractivity contribution in [3.8, 4) is 0 Å². The van der Waals surface area contributed by atoms with Crippen LogP contribution >= 0.6 is 0 Å². The number of carbonyl (C=O) groups excluding carboxylic acids is 1. The van der Waals surface area contributed by atoms with E-state index in [0.29, 0.717) is 18.1 Å². The van der Waals surface area contributed by atoms with Crippen molar-refractivity contribution in [1.29, 1.82) is 0 Å². The molecule has 0 aliphatic rings. The zero-order valence-electron chi connectivity index (χ0n) is 15.9. The molecule has 0 unspecified atom stereocenters. The van der Waals surface area contributed by atoms with Crippen LogP contribution in [-0.2, 0) is 22.7 Å². The van der Waals surface area contributed by atoms with Crippen LogP contribution in [0.4, 0.5) is 13.2 Å². The molecule has 0 aliphatic carbocycles. The SMILES string of the molecule is CCCNC(=NCc1ccc(COCC(F)(F)F)cc1)NCC(=O)N(C)C. The highest BCUT2D eigenvalue weighted by atomic mass is 19.4. The molecule has 1 aromatic rings. The smallest absolute Gasteiger partial charge is 0.367 e. The van der Waals surface area contributed by atoms with Crippen molar-refractivity contribution in [2.75, 3.05) is 33.8 Å². The fourth-order valence-electron chi connectivity index (χ4n) is 1.93. The predicted molar refractivity (Wildman–Crippen MR) is 98.3 cm³/mol. The number of likely N-dealkylation sites (N-methyl/N-ethyl adjacent to an activating group) is 1. The average molecular weight is 388 g/mol. The molecule has 0 heterocycles. The molecule has 6 nitrogen and oxygen atoms in total. The van der Waals surface area contributed by atoms with Gasteiger partial charge in [0.1, 0.15) is 6.61 Å². The molecule has 0 saturated heterocycles. The van der Waals surface area contributed by atoms with Crippen molar-refractivity contribution in [2.24, 2.45) is 4.99 Å². The van der Waals surface area contributed by atoms with E-state index in [0.717, 1.165) is 18.5 Å². The average Bonchev–Trinajstić information content (AvgIpc) is 2.60. The van der Waals surface area contributed by atoms with Gasteiger partial charge in [-0.2, -0.15) is 13.2 Å². The van der Waals surface area contributed by atoms with Crippen LogP contribution in [0.25, 0.3) is 0 Å². The van der Waals surface area contributed by atoms with Crippen molar-refractivity contribution >= 4 is 11.9 Å². The lowest BCUT2D eigenvalue weighted by Crippen LogP contribution is -2.43. The number of nitrogens with zero attached hydrogens (tertiary/aromatic N) is 2. The number of ether oxygens (including phenoxy) is 1. The number of hydrogen-bond acceptors (Lipinski definition) is 3. The molecule has 0 saturated carbocycles. The van der Waals surface area contributed by atoms with Gasteiger partial charge in [-0.1, -0.05) is 31.2 Å². The molecule has 1 amide bonds. The Morgan fingerprint density at radius 1 is 1.15 bits per heavy atom. The summed E-state index contributed by atoms with van der Waals surface area (Å²) < 4.78 is 40.8. The molecule has 0 fully saturated rings. The summed E-state index contributed by atoms with van der Waals surface area (Å²) in [5, 5.41) is 6.11. The van der Waals surface area contributed by atoms with Gasteiger partial charge in [0.05, 0.1) is 19.7 Å². The predicted octanol–water partition coefficient (Wildman–Crippen LogP) is 2.30. The van der Waals surface area contributed by atoms with Crippen LogP contribution in [0.5, 0.6) is 0 Å². The van der Waals surface area contributed by atoms with Crippen LogP contribution in [0.3, 0.4) is 0 Å². The van der Waals surface area contributed by atoms with Crippen LogP contribution in [0, 0.1) is 0 Å². The summed E-state index contributed by atoms with van der Waals surface area (Å²) in [6.07, 6.45) is -3.41. The molecule has 152 valence electrons. The van der Waals surface area contributed by atoms with Crippen molar-refractivity contribution in [2.45, 2.75) is 32.7 Å². The van der Waals surface area contributed by atoms with Crippen LogP contribution in [0.2, 0.25) is 0 Å². The summed E-state index contributed by atoms with van der Waals surface area (Å²) in [5.74, 6) is 0.467. The third-order valence-electron chi connectivity index (χ3n) is 3.43. The maximum Gasteiger partial charge on any atom is 0.411 e. The molecular formula is C18H27F3N4O2. The number of carbonyl (C=O) groups is 1. The Morgan fingerprint density at radius 3 is 2.33 bits per heavy atom. The molecule has 27 heavy (non-hydrogen) atoms. The van der Waals surface area contributed by atoms with Gasteiger partial charge in [0, 0.05) is 20.6 Å². The van der Waals surface area contributed by atoms with Gasteiger partial charge in [-0.15, -0.1) is 0 Å². The zero-order valence-corrected chi connectivity index (χ0v) is 15.9. The zero-order chi connectivity index (χ0) is 20.3. The topological polar surface area (TPSA) is 66.0 Å². The number of hydrogen-bond donors (Lipinski definition) is 2. The normalized spacial score (nSPS) is 12.0. The molecule has 0 aromatic heterocycles. The molecule has 0 radical (unpaired) electrons. The lowest BCUT2D eigenvalue weighted by molar-refractivity contribution is -0.176. The van der Waals surface area contributed by atoms with E-state index in [2.05, 4.69) is 20.4 Å². The van der Waals surface area contributed by atoms with Gasteiger partial charge in [-0.25, -0.2) is 4.99 Å². The van der Waals surface area contributed by atoms with Crippen molar-refractivity contribution < 1.29 is 22.7 Å². The lowest BCUT2D eigenvalue weighted by atomic mass is 10.1. The number of guanidine groups is 1. The number of halogens is 3. The number of alkyl halides is 3. The largest absolute Gasteiger partial charge is 0.411 e. The Hall–Kier alpha value is -2.29. The summed E-state index contributed by atoms with van der Waals surface area (Å²) in [6.45, 7) is 1.90. The molecule has 0 atom stereocenters. The third-order valence-corrected chi connectivity index (χ3v) is 3.43. The van der Waals surface area contributed by atoms with E-state index in [4.69, 9.17) is 0 Å². The highest BCUT2D eigenvalue weighted by molar-refractivity contribution is 5.86. The lowest BCUT2D eigenvalue weighted by Gasteiger charge is -2.14. The van der Waals surface area contributed by atoms with Crippen LogP contribution in [0.15, 0.2) is 29.3 Å².